The Morgan fingerprint density at radius 1 is 1.13 bits per heavy atom. The van der Waals surface area contributed by atoms with E-state index in [2.05, 4.69) is 19.2 Å². The maximum Gasteiger partial charge on any atom is 0.349 e. The lowest BCUT2D eigenvalue weighted by atomic mass is 9.97. The van der Waals surface area contributed by atoms with Crippen LogP contribution in [-0.2, 0) is 14.3 Å². The molecule has 0 saturated heterocycles. The predicted molar refractivity (Wildman–Crippen MR) is 116 cm³/mol. The first kappa shape index (κ1) is 22.7. The summed E-state index contributed by atoms with van der Waals surface area (Å²) in [4.78, 5) is 24.9. The van der Waals surface area contributed by atoms with Gasteiger partial charge in [0.05, 0.1) is 7.11 Å². The van der Waals surface area contributed by atoms with Crippen LogP contribution in [0.3, 0.4) is 0 Å². The Bertz CT molecular complexity index is 958. The molecular formula is C24H26N2O4. The summed E-state index contributed by atoms with van der Waals surface area (Å²) in [6.45, 7) is 5.63. The topological polar surface area (TPSA) is 88.4 Å². The van der Waals surface area contributed by atoms with E-state index in [9.17, 15) is 14.9 Å². The third-order valence-electron chi connectivity index (χ3n) is 4.78. The molecule has 0 aliphatic rings. The molecule has 1 amide bonds. The van der Waals surface area contributed by atoms with Crippen LogP contribution in [0.4, 0.5) is 5.69 Å². The maximum atomic E-state index is 12.5. The number of nitrogens with one attached hydrogen (secondary N) is 1. The summed E-state index contributed by atoms with van der Waals surface area (Å²) in [5.41, 5.74) is 2.15. The zero-order valence-corrected chi connectivity index (χ0v) is 17.6. The molecule has 0 aliphatic heterocycles. The Morgan fingerprint density at radius 3 is 2.40 bits per heavy atom. The third kappa shape index (κ3) is 5.95. The molecule has 2 aromatic rings. The van der Waals surface area contributed by atoms with Gasteiger partial charge in [0, 0.05) is 5.69 Å². The zero-order chi connectivity index (χ0) is 22.1. The lowest BCUT2D eigenvalue weighted by Crippen LogP contribution is -2.30. The van der Waals surface area contributed by atoms with E-state index in [4.69, 9.17) is 9.47 Å². The number of hydrogen-bond donors (Lipinski definition) is 1. The highest BCUT2D eigenvalue weighted by molar-refractivity contribution is 6.01. The minimum atomic E-state index is -1.06. The highest BCUT2D eigenvalue weighted by atomic mass is 16.5. The van der Waals surface area contributed by atoms with E-state index in [1.807, 2.05) is 30.3 Å². The summed E-state index contributed by atoms with van der Waals surface area (Å²) in [6, 6.07) is 16.2. The van der Waals surface area contributed by atoms with Crippen LogP contribution in [0.1, 0.15) is 44.2 Å². The number of carbonyl (C=O) groups is 2. The first-order valence-electron chi connectivity index (χ1n) is 9.76. The van der Waals surface area contributed by atoms with E-state index >= 15 is 0 Å². The van der Waals surface area contributed by atoms with Gasteiger partial charge in [-0.25, -0.2) is 4.79 Å². The number of esters is 1. The number of hydrogen-bond acceptors (Lipinski definition) is 5. The molecule has 2 atom stereocenters. The fraction of sp³-hybridized carbons (Fsp3) is 0.292. The molecule has 0 heterocycles. The maximum absolute atomic E-state index is 12.5. The molecule has 30 heavy (non-hydrogen) atoms. The van der Waals surface area contributed by atoms with Gasteiger partial charge in [-0.15, -0.1) is 0 Å². The van der Waals surface area contributed by atoms with Crippen molar-refractivity contribution in [3.63, 3.8) is 0 Å². The average Bonchev–Trinajstić information content (AvgIpc) is 2.77. The minimum Gasteiger partial charge on any atom is -0.497 e. The molecule has 0 unspecified atom stereocenters. The Kier molecular flexibility index (Phi) is 8.18. The van der Waals surface area contributed by atoms with Crippen molar-refractivity contribution in [3.8, 4) is 11.8 Å². The number of methoxy groups -OCH3 is 1. The molecule has 0 fully saturated rings. The molecule has 156 valence electrons. The third-order valence-corrected chi connectivity index (χ3v) is 4.78. The predicted octanol–water partition coefficient (Wildman–Crippen LogP) is 4.69. The summed E-state index contributed by atoms with van der Waals surface area (Å²) in [7, 11) is 1.55. The Labute approximate surface area is 177 Å². The first-order valence-corrected chi connectivity index (χ1v) is 9.76. The van der Waals surface area contributed by atoms with Crippen LogP contribution >= 0.6 is 0 Å². The van der Waals surface area contributed by atoms with E-state index in [0.29, 0.717) is 17.0 Å². The molecule has 2 aromatic carbocycles. The van der Waals surface area contributed by atoms with Crippen LogP contribution in [0, 0.1) is 11.3 Å². The van der Waals surface area contributed by atoms with Crippen molar-refractivity contribution in [3.05, 3.63) is 65.2 Å². The smallest absolute Gasteiger partial charge is 0.349 e. The SMILES string of the molecule is CC[C@H](C)c1ccccc1NC(=O)[C@H](C)OC(=O)/C(C#N)=C/c1ccc(OC)cc1. The quantitative estimate of drug-likeness (QED) is 0.390. The Hall–Kier alpha value is -3.59. The number of para-hydroxylation sites is 1. The molecule has 6 nitrogen and oxygen atoms in total. The van der Waals surface area contributed by atoms with Crippen molar-refractivity contribution < 1.29 is 19.1 Å². The molecule has 0 aromatic heterocycles. The molecule has 0 aliphatic carbocycles. The highest BCUT2D eigenvalue weighted by Gasteiger charge is 2.22. The second kappa shape index (κ2) is 10.8. The summed E-state index contributed by atoms with van der Waals surface area (Å²) in [5.74, 6) is -0.375. The minimum absolute atomic E-state index is 0.195. The van der Waals surface area contributed by atoms with Gasteiger partial charge in [-0.1, -0.05) is 44.2 Å². The average molecular weight is 406 g/mol. The summed E-state index contributed by atoms with van der Waals surface area (Å²) < 4.78 is 10.3. The number of nitrogens with zero attached hydrogens (tertiary/aromatic N) is 1. The molecule has 0 spiro atoms. The highest BCUT2D eigenvalue weighted by Crippen LogP contribution is 2.26. The fourth-order valence-electron chi connectivity index (χ4n) is 2.78. The van der Waals surface area contributed by atoms with Crippen LogP contribution in [0.5, 0.6) is 5.75 Å². The first-order chi connectivity index (χ1) is 14.4. The second-order valence-corrected chi connectivity index (χ2v) is 6.88. The number of benzene rings is 2. The van der Waals surface area contributed by atoms with Gasteiger partial charge in [0.2, 0.25) is 0 Å². The van der Waals surface area contributed by atoms with Crippen LogP contribution in [-0.4, -0.2) is 25.1 Å². The molecular weight excluding hydrogens is 380 g/mol. The fourth-order valence-corrected chi connectivity index (χ4v) is 2.78. The Balaban J connectivity index is 2.07. The van der Waals surface area contributed by atoms with E-state index in [0.717, 1.165) is 12.0 Å². The molecule has 1 N–H and O–H groups in total. The number of ether oxygens (including phenoxy) is 2. The standard InChI is InChI=1S/C24H26N2O4/c1-5-16(2)21-8-6-7-9-22(21)26-23(27)17(3)30-24(28)19(15-25)14-18-10-12-20(29-4)13-11-18/h6-14,16-17H,5H2,1-4H3,(H,26,27)/b19-14+/t16-,17-/m0/s1. The lowest BCUT2D eigenvalue weighted by Gasteiger charge is -2.18. The van der Waals surface area contributed by atoms with E-state index < -0.39 is 18.0 Å². The van der Waals surface area contributed by atoms with Gasteiger partial charge >= 0.3 is 5.97 Å². The van der Waals surface area contributed by atoms with Crippen LogP contribution in [0.15, 0.2) is 54.1 Å². The van der Waals surface area contributed by atoms with E-state index in [1.165, 1.54) is 13.0 Å². The molecule has 2 rings (SSSR count). The van der Waals surface area contributed by atoms with Crippen molar-refractivity contribution in [2.24, 2.45) is 0 Å². The number of rotatable bonds is 8. The Morgan fingerprint density at radius 2 is 1.80 bits per heavy atom. The van der Waals surface area contributed by atoms with Crippen molar-refractivity contribution in [1.29, 1.82) is 5.26 Å². The van der Waals surface area contributed by atoms with Crippen molar-refractivity contribution in [2.45, 2.75) is 39.2 Å². The van der Waals surface area contributed by atoms with Gasteiger partial charge < -0.3 is 14.8 Å². The molecule has 0 bridgehead atoms. The summed E-state index contributed by atoms with van der Waals surface area (Å²) in [6.07, 6.45) is 1.28. The van der Waals surface area contributed by atoms with Gasteiger partial charge in [0.15, 0.2) is 6.10 Å². The summed E-state index contributed by atoms with van der Waals surface area (Å²) in [5, 5.41) is 12.1. The molecule has 6 heteroatoms. The molecule has 0 saturated carbocycles. The number of anilines is 1. The van der Waals surface area contributed by atoms with Gasteiger partial charge in [-0.2, -0.15) is 5.26 Å². The van der Waals surface area contributed by atoms with Gasteiger partial charge in [0.1, 0.15) is 17.4 Å². The summed E-state index contributed by atoms with van der Waals surface area (Å²) >= 11 is 0. The lowest BCUT2D eigenvalue weighted by molar-refractivity contribution is -0.148. The number of nitriles is 1. The van der Waals surface area contributed by atoms with Gasteiger partial charge in [-0.3, -0.25) is 4.79 Å². The van der Waals surface area contributed by atoms with E-state index in [1.54, 1.807) is 31.4 Å². The van der Waals surface area contributed by atoms with Crippen molar-refractivity contribution in [2.75, 3.05) is 12.4 Å². The zero-order valence-electron chi connectivity index (χ0n) is 17.6. The second-order valence-electron chi connectivity index (χ2n) is 6.88. The van der Waals surface area contributed by atoms with E-state index in [-0.39, 0.29) is 11.5 Å². The molecule has 0 radical (unpaired) electrons. The van der Waals surface area contributed by atoms with Crippen LogP contribution in [0.25, 0.3) is 6.08 Å². The van der Waals surface area contributed by atoms with Crippen molar-refractivity contribution >= 4 is 23.6 Å². The van der Waals surface area contributed by atoms with Crippen LogP contribution < -0.4 is 10.1 Å². The van der Waals surface area contributed by atoms with Gasteiger partial charge in [-0.05, 0) is 54.7 Å². The largest absolute Gasteiger partial charge is 0.497 e. The van der Waals surface area contributed by atoms with Crippen molar-refractivity contribution in [1.82, 2.24) is 0 Å². The number of amides is 1. The normalized spacial score (nSPS) is 13.0. The number of carbonyl (C=O) groups excluding carboxylic acids is 2. The van der Waals surface area contributed by atoms with Crippen LogP contribution in [0.2, 0.25) is 0 Å². The monoisotopic (exact) mass is 406 g/mol. The van der Waals surface area contributed by atoms with Gasteiger partial charge in [0.25, 0.3) is 5.91 Å².